The Bertz CT molecular complexity index is 1450. The first-order valence-corrected chi connectivity index (χ1v) is 11.8. The summed E-state index contributed by atoms with van der Waals surface area (Å²) in [5.41, 5.74) is 1.92. The van der Waals surface area contributed by atoms with Crippen molar-refractivity contribution < 1.29 is 0 Å². The van der Waals surface area contributed by atoms with Crippen molar-refractivity contribution in [3.8, 4) is 0 Å². The first-order valence-electron chi connectivity index (χ1n) is 11.1. The van der Waals surface area contributed by atoms with Gasteiger partial charge in [0.05, 0.1) is 6.54 Å². The Labute approximate surface area is 206 Å². The molecule has 0 atom stereocenters. The molecule has 0 amide bonds. The number of rotatable bonds is 5. The second-order valence-corrected chi connectivity index (χ2v) is 9.31. The van der Waals surface area contributed by atoms with E-state index in [0.717, 1.165) is 48.9 Å². The molecule has 1 saturated heterocycles. The Morgan fingerprint density at radius 2 is 1.65 bits per heavy atom. The van der Waals surface area contributed by atoms with Gasteiger partial charge >= 0.3 is 5.69 Å². The summed E-state index contributed by atoms with van der Waals surface area (Å²) < 4.78 is 3.27. The van der Waals surface area contributed by atoms with Crippen LogP contribution in [-0.2, 0) is 20.1 Å². The van der Waals surface area contributed by atoms with Crippen LogP contribution in [0.3, 0.4) is 0 Å². The SMILES string of the molecule is Cn1c(=O)[nH]c(=O)c2c1nc(N1CCN(Cc3ccccc3Cl)CC1)n2Cc1ccc(Cl)cc1. The molecule has 1 fully saturated rings. The number of halogens is 2. The zero-order chi connectivity index (χ0) is 23.8. The molecule has 0 spiro atoms. The number of fused-ring (bicyclic) bond motifs is 1. The highest BCUT2D eigenvalue weighted by molar-refractivity contribution is 6.31. The fourth-order valence-corrected chi connectivity index (χ4v) is 4.68. The highest BCUT2D eigenvalue weighted by Gasteiger charge is 2.25. The van der Waals surface area contributed by atoms with Gasteiger partial charge in [0.25, 0.3) is 5.56 Å². The highest BCUT2D eigenvalue weighted by atomic mass is 35.5. The Balaban J connectivity index is 1.47. The van der Waals surface area contributed by atoms with Gasteiger partial charge < -0.3 is 4.90 Å². The number of benzene rings is 2. The Morgan fingerprint density at radius 3 is 2.35 bits per heavy atom. The molecular formula is C24H24Cl2N6O2. The van der Waals surface area contributed by atoms with Crippen molar-refractivity contribution in [3.05, 3.63) is 90.5 Å². The maximum atomic E-state index is 12.8. The third kappa shape index (κ3) is 4.36. The van der Waals surface area contributed by atoms with Gasteiger partial charge in [-0.15, -0.1) is 0 Å². The average Bonchev–Trinajstić information content (AvgIpc) is 3.21. The standard InChI is InChI=1S/C24H24Cl2N6O2/c1-29-21-20(22(33)28-24(29)34)32(14-16-6-8-18(25)9-7-16)23(27-21)31-12-10-30(11-13-31)15-17-4-2-3-5-19(17)26/h2-9H,10-15H2,1H3,(H,28,33,34). The Kier molecular flexibility index (Phi) is 6.20. The van der Waals surface area contributed by atoms with E-state index in [9.17, 15) is 9.59 Å². The molecule has 34 heavy (non-hydrogen) atoms. The molecule has 176 valence electrons. The zero-order valence-corrected chi connectivity index (χ0v) is 20.2. The molecule has 2 aromatic heterocycles. The summed E-state index contributed by atoms with van der Waals surface area (Å²) in [6.45, 7) is 4.34. The number of imidazole rings is 1. The van der Waals surface area contributed by atoms with Crippen molar-refractivity contribution in [2.24, 2.45) is 7.05 Å². The van der Waals surface area contributed by atoms with Gasteiger partial charge in [0.15, 0.2) is 11.2 Å². The number of nitrogens with zero attached hydrogens (tertiary/aromatic N) is 5. The minimum atomic E-state index is -0.482. The van der Waals surface area contributed by atoms with Gasteiger partial charge in [-0.25, -0.2) is 4.79 Å². The van der Waals surface area contributed by atoms with Gasteiger partial charge in [0.1, 0.15) is 0 Å². The molecule has 1 aliphatic rings. The lowest BCUT2D eigenvalue weighted by Gasteiger charge is -2.35. The predicted octanol–water partition coefficient (Wildman–Crippen LogP) is 3.10. The van der Waals surface area contributed by atoms with E-state index in [2.05, 4.69) is 14.8 Å². The van der Waals surface area contributed by atoms with Crippen LogP contribution in [0.2, 0.25) is 10.0 Å². The molecule has 2 aromatic carbocycles. The quantitative estimate of drug-likeness (QED) is 0.457. The highest BCUT2D eigenvalue weighted by Crippen LogP contribution is 2.24. The van der Waals surface area contributed by atoms with Crippen LogP contribution >= 0.6 is 23.2 Å². The molecule has 1 N–H and O–H groups in total. The van der Waals surface area contributed by atoms with Crippen LogP contribution < -0.4 is 16.1 Å². The predicted molar refractivity (Wildman–Crippen MR) is 135 cm³/mol. The van der Waals surface area contributed by atoms with E-state index >= 15 is 0 Å². The molecule has 0 aliphatic carbocycles. The number of anilines is 1. The Morgan fingerprint density at radius 1 is 0.941 bits per heavy atom. The number of piperazine rings is 1. The van der Waals surface area contributed by atoms with Crippen molar-refractivity contribution in [2.75, 3.05) is 31.1 Å². The summed E-state index contributed by atoms with van der Waals surface area (Å²) in [6.07, 6.45) is 0. The Hall–Kier alpha value is -3.07. The molecule has 0 unspecified atom stereocenters. The van der Waals surface area contributed by atoms with Crippen molar-refractivity contribution in [2.45, 2.75) is 13.1 Å². The molecular weight excluding hydrogens is 475 g/mol. The lowest BCUT2D eigenvalue weighted by Crippen LogP contribution is -2.47. The molecule has 3 heterocycles. The summed E-state index contributed by atoms with van der Waals surface area (Å²) in [5.74, 6) is 0.675. The smallest absolute Gasteiger partial charge is 0.329 e. The van der Waals surface area contributed by atoms with Gasteiger partial charge in [-0.05, 0) is 29.3 Å². The van der Waals surface area contributed by atoms with Crippen LogP contribution in [0.1, 0.15) is 11.1 Å². The van der Waals surface area contributed by atoms with Gasteiger partial charge in [-0.3, -0.25) is 23.8 Å². The maximum Gasteiger partial charge on any atom is 0.329 e. The largest absolute Gasteiger partial charge is 0.340 e. The molecule has 5 rings (SSSR count). The lowest BCUT2D eigenvalue weighted by molar-refractivity contribution is 0.248. The summed E-state index contributed by atoms with van der Waals surface area (Å²) in [7, 11) is 1.62. The normalized spacial score (nSPS) is 14.7. The fraction of sp³-hybridized carbons (Fsp3) is 0.292. The van der Waals surface area contributed by atoms with Gasteiger partial charge in [0.2, 0.25) is 5.95 Å². The topological polar surface area (TPSA) is 79.2 Å². The summed E-state index contributed by atoms with van der Waals surface area (Å²) in [6, 6.07) is 15.4. The molecule has 10 heteroatoms. The number of nitrogens with one attached hydrogen (secondary N) is 1. The third-order valence-corrected chi connectivity index (χ3v) is 6.87. The van der Waals surface area contributed by atoms with Crippen molar-refractivity contribution in [1.29, 1.82) is 0 Å². The molecule has 0 bridgehead atoms. The monoisotopic (exact) mass is 498 g/mol. The number of aromatic nitrogens is 4. The van der Waals surface area contributed by atoms with Crippen molar-refractivity contribution in [3.63, 3.8) is 0 Å². The van der Waals surface area contributed by atoms with E-state index in [-0.39, 0.29) is 0 Å². The zero-order valence-electron chi connectivity index (χ0n) is 18.7. The molecule has 4 aromatic rings. The van der Waals surface area contributed by atoms with E-state index in [0.29, 0.717) is 28.7 Å². The van der Waals surface area contributed by atoms with Gasteiger partial charge in [-0.1, -0.05) is 53.5 Å². The lowest BCUT2D eigenvalue weighted by atomic mass is 10.2. The number of hydrogen-bond acceptors (Lipinski definition) is 5. The van der Waals surface area contributed by atoms with E-state index in [4.69, 9.17) is 28.2 Å². The van der Waals surface area contributed by atoms with E-state index in [1.54, 1.807) is 7.05 Å². The second-order valence-electron chi connectivity index (χ2n) is 8.47. The van der Waals surface area contributed by atoms with Crippen LogP contribution in [0.15, 0.2) is 58.1 Å². The third-order valence-electron chi connectivity index (χ3n) is 6.25. The van der Waals surface area contributed by atoms with Crippen LogP contribution in [0.5, 0.6) is 0 Å². The van der Waals surface area contributed by atoms with E-state index in [1.165, 1.54) is 4.57 Å². The number of hydrogen-bond donors (Lipinski definition) is 1. The first kappa shape index (κ1) is 22.7. The fourth-order valence-electron chi connectivity index (χ4n) is 4.36. The van der Waals surface area contributed by atoms with Crippen LogP contribution in [-0.4, -0.2) is 50.2 Å². The van der Waals surface area contributed by atoms with Crippen LogP contribution in [0.25, 0.3) is 11.2 Å². The van der Waals surface area contributed by atoms with E-state index < -0.39 is 11.2 Å². The second kappa shape index (κ2) is 9.29. The molecule has 1 aliphatic heterocycles. The van der Waals surface area contributed by atoms with Crippen molar-refractivity contribution in [1.82, 2.24) is 24.0 Å². The summed E-state index contributed by atoms with van der Waals surface area (Å²) in [4.78, 5) is 36.7. The van der Waals surface area contributed by atoms with E-state index in [1.807, 2.05) is 53.1 Å². The maximum absolute atomic E-state index is 12.8. The van der Waals surface area contributed by atoms with Crippen molar-refractivity contribution >= 4 is 40.3 Å². The van der Waals surface area contributed by atoms with Gasteiger partial charge in [0, 0.05) is 49.8 Å². The number of aryl methyl sites for hydroxylation is 1. The summed E-state index contributed by atoms with van der Waals surface area (Å²) in [5, 5.41) is 1.42. The first-order chi connectivity index (χ1) is 16.4. The summed E-state index contributed by atoms with van der Waals surface area (Å²) >= 11 is 12.4. The minimum absolute atomic E-state index is 0.371. The van der Waals surface area contributed by atoms with Gasteiger partial charge in [-0.2, -0.15) is 4.98 Å². The minimum Gasteiger partial charge on any atom is -0.340 e. The molecule has 0 radical (unpaired) electrons. The van der Waals surface area contributed by atoms with Crippen LogP contribution in [0, 0.1) is 0 Å². The average molecular weight is 499 g/mol. The molecule has 0 saturated carbocycles. The van der Waals surface area contributed by atoms with Crippen LogP contribution in [0.4, 0.5) is 5.95 Å². The number of aromatic amines is 1. The molecule has 8 nitrogen and oxygen atoms in total. The number of H-pyrrole nitrogens is 1.